The van der Waals surface area contributed by atoms with Crippen LogP contribution in [-0.2, 0) is 0 Å². The van der Waals surface area contributed by atoms with E-state index >= 15 is 0 Å². The number of rotatable bonds is 3. The standard InChI is InChI=1S/C9H15F3/c1-4-7(2)5-6-8(3)9(10,11)12/h5,8H,4,6H2,1-3H3. The number of hydrogen-bond acceptors (Lipinski definition) is 0. The molecule has 0 heterocycles. The minimum absolute atomic E-state index is 0.100. The van der Waals surface area contributed by atoms with Crippen LogP contribution in [0.2, 0.25) is 0 Å². The largest absolute Gasteiger partial charge is 0.391 e. The van der Waals surface area contributed by atoms with Crippen LogP contribution < -0.4 is 0 Å². The number of halogens is 3. The highest BCUT2D eigenvalue weighted by atomic mass is 19.4. The van der Waals surface area contributed by atoms with Gasteiger partial charge in [-0.2, -0.15) is 13.2 Å². The van der Waals surface area contributed by atoms with Gasteiger partial charge >= 0.3 is 6.18 Å². The van der Waals surface area contributed by atoms with Crippen LogP contribution in [0.5, 0.6) is 0 Å². The Morgan fingerprint density at radius 3 is 2.25 bits per heavy atom. The predicted molar refractivity (Wildman–Crippen MR) is 43.9 cm³/mol. The highest BCUT2D eigenvalue weighted by molar-refractivity contribution is 4.97. The Labute approximate surface area is 71.5 Å². The van der Waals surface area contributed by atoms with Crippen LogP contribution >= 0.6 is 0 Å². The molecule has 1 atom stereocenters. The predicted octanol–water partition coefficient (Wildman–Crippen LogP) is 3.93. The Morgan fingerprint density at radius 1 is 1.42 bits per heavy atom. The fourth-order valence-corrected chi connectivity index (χ4v) is 0.656. The first-order valence-electron chi connectivity index (χ1n) is 4.10. The second-order valence-electron chi connectivity index (χ2n) is 3.08. The first-order chi connectivity index (χ1) is 5.38. The van der Waals surface area contributed by atoms with Gasteiger partial charge in [-0.05, 0) is 19.8 Å². The Kier molecular flexibility index (Phi) is 4.35. The van der Waals surface area contributed by atoms with Crippen molar-refractivity contribution in [1.82, 2.24) is 0 Å². The maximum atomic E-state index is 12.0. The Bertz CT molecular complexity index is 156. The second kappa shape index (κ2) is 4.53. The summed E-state index contributed by atoms with van der Waals surface area (Å²) < 4.78 is 35.9. The molecule has 0 aliphatic heterocycles. The van der Waals surface area contributed by atoms with Crippen LogP contribution in [0.15, 0.2) is 11.6 Å². The average Bonchev–Trinajstić information content (AvgIpc) is 1.97. The lowest BCUT2D eigenvalue weighted by atomic mass is 10.1. The van der Waals surface area contributed by atoms with Crippen LogP contribution in [0, 0.1) is 5.92 Å². The number of hydrogen-bond donors (Lipinski definition) is 0. The van der Waals surface area contributed by atoms with Gasteiger partial charge in [0.25, 0.3) is 0 Å². The number of alkyl halides is 3. The summed E-state index contributed by atoms with van der Waals surface area (Å²) in [5.74, 6) is -1.22. The Hall–Kier alpha value is -0.470. The summed E-state index contributed by atoms with van der Waals surface area (Å²) in [6.07, 6.45) is -1.46. The van der Waals surface area contributed by atoms with E-state index in [1.54, 1.807) is 6.08 Å². The SMILES string of the molecule is CCC(C)=CCC(C)C(F)(F)F. The molecule has 0 N–H and O–H groups in total. The van der Waals surface area contributed by atoms with Gasteiger partial charge < -0.3 is 0 Å². The normalized spacial score (nSPS) is 16.3. The van der Waals surface area contributed by atoms with E-state index in [-0.39, 0.29) is 6.42 Å². The summed E-state index contributed by atoms with van der Waals surface area (Å²) in [5.41, 5.74) is 1.02. The van der Waals surface area contributed by atoms with Crippen molar-refractivity contribution < 1.29 is 13.2 Å². The monoisotopic (exact) mass is 180 g/mol. The third-order valence-electron chi connectivity index (χ3n) is 1.94. The van der Waals surface area contributed by atoms with Gasteiger partial charge in [-0.25, -0.2) is 0 Å². The molecule has 0 radical (unpaired) electrons. The highest BCUT2D eigenvalue weighted by Crippen LogP contribution is 2.28. The fourth-order valence-electron chi connectivity index (χ4n) is 0.656. The van der Waals surface area contributed by atoms with Crippen LogP contribution in [-0.4, -0.2) is 6.18 Å². The lowest BCUT2D eigenvalue weighted by Crippen LogP contribution is -2.18. The summed E-state index contributed by atoms with van der Waals surface area (Å²) in [5, 5.41) is 0. The van der Waals surface area contributed by atoms with Crippen molar-refractivity contribution in [3.8, 4) is 0 Å². The van der Waals surface area contributed by atoms with Gasteiger partial charge in [0.1, 0.15) is 0 Å². The van der Waals surface area contributed by atoms with E-state index in [1.807, 2.05) is 13.8 Å². The quantitative estimate of drug-likeness (QED) is 0.577. The minimum Gasteiger partial charge on any atom is -0.171 e. The van der Waals surface area contributed by atoms with Crippen LogP contribution in [0.4, 0.5) is 13.2 Å². The van der Waals surface area contributed by atoms with Gasteiger partial charge in [0.2, 0.25) is 0 Å². The molecule has 0 aromatic heterocycles. The summed E-state index contributed by atoms with van der Waals surface area (Å²) in [6, 6.07) is 0. The van der Waals surface area contributed by atoms with Crippen molar-refractivity contribution in [3.63, 3.8) is 0 Å². The lowest BCUT2D eigenvalue weighted by molar-refractivity contribution is -0.168. The van der Waals surface area contributed by atoms with Crippen molar-refractivity contribution in [2.75, 3.05) is 0 Å². The van der Waals surface area contributed by atoms with Crippen molar-refractivity contribution in [2.45, 2.75) is 39.8 Å². The first kappa shape index (κ1) is 11.5. The molecule has 0 spiro atoms. The molecule has 0 saturated heterocycles. The van der Waals surface area contributed by atoms with Gasteiger partial charge in [-0.3, -0.25) is 0 Å². The van der Waals surface area contributed by atoms with Crippen LogP contribution in [0.25, 0.3) is 0 Å². The van der Waals surface area contributed by atoms with Crippen molar-refractivity contribution >= 4 is 0 Å². The van der Waals surface area contributed by atoms with E-state index in [0.29, 0.717) is 0 Å². The third kappa shape index (κ3) is 4.42. The summed E-state index contributed by atoms with van der Waals surface area (Å²) in [7, 11) is 0. The molecule has 72 valence electrons. The first-order valence-corrected chi connectivity index (χ1v) is 4.10. The van der Waals surface area contributed by atoms with Gasteiger partial charge in [-0.15, -0.1) is 0 Å². The van der Waals surface area contributed by atoms with Crippen molar-refractivity contribution in [2.24, 2.45) is 5.92 Å². The summed E-state index contributed by atoms with van der Waals surface area (Å²) in [4.78, 5) is 0. The van der Waals surface area contributed by atoms with Gasteiger partial charge in [0.05, 0.1) is 5.92 Å². The molecule has 0 aromatic carbocycles. The molecular formula is C9H15F3. The fraction of sp³-hybridized carbons (Fsp3) is 0.778. The molecule has 0 nitrogen and oxygen atoms in total. The minimum atomic E-state index is -4.05. The molecule has 1 unspecified atom stereocenters. The topological polar surface area (TPSA) is 0 Å². The highest BCUT2D eigenvalue weighted by Gasteiger charge is 2.34. The smallest absolute Gasteiger partial charge is 0.171 e. The third-order valence-corrected chi connectivity index (χ3v) is 1.94. The van der Waals surface area contributed by atoms with E-state index in [2.05, 4.69) is 0 Å². The van der Waals surface area contributed by atoms with Crippen molar-refractivity contribution in [1.29, 1.82) is 0 Å². The molecule has 0 rings (SSSR count). The van der Waals surface area contributed by atoms with E-state index < -0.39 is 12.1 Å². The Balaban J connectivity index is 3.94. The van der Waals surface area contributed by atoms with E-state index in [1.165, 1.54) is 6.92 Å². The van der Waals surface area contributed by atoms with E-state index in [0.717, 1.165) is 12.0 Å². The number of allylic oxidation sites excluding steroid dienone is 2. The Morgan fingerprint density at radius 2 is 1.92 bits per heavy atom. The molecule has 3 heteroatoms. The van der Waals surface area contributed by atoms with Crippen LogP contribution in [0.1, 0.15) is 33.6 Å². The molecule has 12 heavy (non-hydrogen) atoms. The molecule has 0 aliphatic carbocycles. The molecule has 0 bridgehead atoms. The zero-order valence-electron chi connectivity index (χ0n) is 7.70. The maximum absolute atomic E-state index is 12.0. The van der Waals surface area contributed by atoms with E-state index in [4.69, 9.17) is 0 Å². The zero-order chi connectivity index (χ0) is 9.78. The second-order valence-corrected chi connectivity index (χ2v) is 3.08. The zero-order valence-corrected chi connectivity index (χ0v) is 7.70. The van der Waals surface area contributed by atoms with E-state index in [9.17, 15) is 13.2 Å². The van der Waals surface area contributed by atoms with Crippen molar-refractivity contribution in [3.05, 3.63) is 11.6 Å². The maximum Gasteiger partial charge on any atom is 0.391 e. The van der Waals surface area contributed by atoms with Gasteiger partial charge in [0.15, 0.2) is 0 Å². The average molecular weight is 180 g/mol. The molecule has 0 aromatic rings. The van der Waals surface area contributed by atoms with Gasteiger partial charge in [-0.1, -0.05) is 25.5 Å². The molecule has 0 saturated carbocycles. The van der Waals surface area contributed by atoms with Crippen LogP contribution in [0.3, 0.4) is 0 Å². The summed E-state index contributed by atoms with van der Waals surface area (Å²) >= 11 is 0. The molecule has 0 aliphatic rings. The molecule has 0 fully saturated rings. The van der Waals surface area contributed by atoms with Gasteiger partial charge in [0, 0.05) is 0 Å². The lowest BCUT2D eigenvalue weighted by Gasteiger charge is -2.13. The summed E-state index contributed by atoms with van der Waals surface area (Å²) in [6.45, 7) is 4.99. The molecular weight excluding hydrogens is 165 g/mol. The molecule has 0 amide bonds.